The summed E-state index contributed by atoms with van der Waals surface area (Å²) in [7, 11) is 0. The zero-order valence-corrected chi connectivity index (χ0v) is 11.0. The Balaban J connectivity index is 2.50. The molecular weight excluding hydrogens is 275 g/mol. The third-order valence-corrected chi connectivity index (χ3v) is 2.65. The molecule has 0 aromatic heterocycles. The van der Waals surface area contributed by atoms with Crippen molar-refractivity contribution in [2.75, 3.05) is 11.9 Å². The monoisotopic (exact) mass is 288 g/mol. The minimum Gasteiger partial charge on any atom is -0.481 e. The minimum absolute atomic E-state index is 0.0548. The van der Waals surface area contributed by atoms with Gasteiger partial charge in [-0.25, -0.2) is 9.18 Å². The molecule has 0 aliphatic rings. The Labute approximate surface area is 114 Å². The second-order valence-corrected chi connectivity index (χ2v) is 4.54. The molecule has 0 radical (unpaired) electrons. The topological polar surface area (TPSA) is 78.4 Å². The normalized spacial score (nSPS) is 11.7. The number of amides is 2. The fourth-order valence-corrected chi connectivity index (χ4v) is 1.62. The molecule has 1 atom stereocenters. The molecule has 0 heterocycles. The van der Waals surface area contributed by atoms with Gasteiger partial charge in [0.15, 0.2) is 0 Å². The van der Waals surface area contributed by atoms with Crippen LogP contribution < -0.4 is 10.6 Å². The lowest BCUT2D eigenvalue weighted by Gasteiger charge is -2.12. The highest BCUT2D eigenvalue weighted by molar-refractivity contribution is 6.33. The highest BCUT2D eigenvalue weighted by atomic mass is 35.5. The van der Waals surface area contributed by atoms with E-state index in [1.807, 2.05) is 0 Å². The Bertz CT molecular complexity index is 462. The Morgan fingerprint density at radius 1 is 1.47 bits per heavy atom. The molecule has 5 nitrogen and oxygen atoms in total. The van der Waals surface area contributed by atoms with Crippen molar-refractivity contribution in [2.24, 2.45) is 5.92 Å². The van der Waals surface area contributed by atoms with Crippen molar-refractivity contribution in [1.82, 2.24) is 5.32 Å². The predicted molar refractivity (Wildman–Crippen MR) is 69.8 cm³/mol. The Kier molecular flexibility index (Phi) is 5.57. The molecule has 0 saturated heterocycles. The molecule has 7 heteroatoms. The van der Waals surface area contributed by atoms with Crippen LogP contribution in [0.1, 0.15) is 13.3 Å². The summed E-state index contributed by atoms with van der Waals surface area (Å²) in [6.45, 7) is 1.86. The van der Waals surface area contributed by atoms with Gasteiger partial charge in [0, 0.05) is 13.0 Å². The lowest BCUT2D eigenvalue weighted by Crippen LogP contribution is -2.33. The Morgan fingerprint density at radius 3 is 2.74 bits per heavy atom. The summed E-state index contributed by atoms with van der Waals surface area (Å²) in [4.78, 5) is 22.0. The molecule has 0 spiro atoms. The first-order valence-corrected chi connectivity index (χ1v) is 5.98. The van der Waals surface area contributed by atoms with Crippen LogP contribution >= 0.6 is 11.6 Å². The first-order valence-electron chi connectivity index (χ1n) is 5.60. The van der Waals surface area contributed by atoms with Crippen molar-refractivity contribution in [3.8, 4) is 0 Å². The first-order chi connectivity index (χ1) is 8.90. The van der Waals surface area contributed by atoms with Gasteiger partial charge in [-0.2, -0.15) is 0 Å². The summed E-state index contributed by atoms with van der Waals surface area (Å²) in [6, 6.07) is 3.42. The van der Waals surface area contributed by atoms with Crippen LogP contribution in [0.15, 0.2) is 18.2 Å². The third kappa shape index (κ3) is 5.13. The van der Waals surface area contributed by atoms with Gasteiger partial charge < -0.3 is 15.7 Å². The van der Waals surface area contributed by atoms with Crippen molar-refractivity contribution in [2.45, 2.75) is 13.3 Å². The molecular formula is C12H14ClFN2O3. The maximum Gasteiger partial charge on any atom is 0.319 e. The number of carboxylic acids is 1. The van der Waals surface area contributed by atoms with Crippen LogP contribution in [-0.2, 0) is 4.79 Å². The van der Waals surface area contributed by atoms with Gasteiger partial charge in [0.25, 0.3) is 0 Å². The quantitative estimate of drug-likeness (QED) is 0.779. The van der Waals surface area contributed by atoms with Gasteiger partial charge in [-0.05, 0) is 18.1 Å². The van der Waals surface area contributed by atoms with Crippen molar-refractivity contribution in [3.63, 3.8) is 0 Å². The Morgan fingerprint density at radius 2 is 2.16 bits per heavy atom. The first kappa shape index (κ1) is 15.2. The molecule has 2 amide bonds. The van der Waals surface area contributed by atoms with Gasteiger partial charge in [0.05, 0.1) is 10.7 Å². The zero-order chi connectivity index (χ0) is 14.4. The molecule has 1 aromatic rings. The van der Waals surface area contributed by atoms with Gasteiger partial charge in [-0.1, -0.05) is 24.6 Å². The van der Waals surface area contributed by atoms with E-state index in [4.69, 9.17) is 16.7 Å². The van der Waals surface area contributed by atoms with Crippen LogP contribution in [0.2, 0.25) is 5.02 Å². The average molecular weight is 289 g/mol. The third-order valence-electron chi connectivity index (χ3n) is 2.34. The second kappa shape index (κ2) is 6.94. The summed E-state index contributed by atoms with van der Waals surface area (Å²) < 4.78 is 13.4. The molecule has 3 N–H and O–H groups in total. The summed E-state index contributed by atoms with van der Waals surface area (Å²) in [6.07, 6.45) is -0.0548. The van der Waals surface area contributed by atoms with Crippen LogP contribution in [0.3, 0.4) is 0 Å². The average Bonchev–Trinajstić information content (AvgIpc) is 2.30. The number of hydrogen-bond donors (Lipinski definition) is 3. The lowest BCUT2D eigenvalue weighted by molar-refractivity contribution is -0.137. The van der Waals surface area contributed by atoms with E-state index in [9.17, 15) is 14.0 Å². The van der Waals surface area contributed by atoms with E-state index in [-0.39, 0.29) is 29.6 Å². The number of nitrogens with one attached hydrogen (secondary N) is 2. The number of carbonyl (C=O) groups is 2. The van der Waals surface area contributed by atoms with Crippen LogP contribution in [0, 0.1) is 11.7 Å². The van der Waals surface area contributed by atoms with E-state index in [0.717, 1.165) is 0 Å². The number of anilines is 1. The van der Waals surface area contributed by atoms with Gasteiger partial charge in [-0.15, -0.1) is 0 Å². The van der Waals surface area contributed by atoms with E-state index >= 15 is 0 Å². The standard InChI is InChI=1S/C12H14ClFN2O3/c1-7(5-10(17)18)6-15-12(19)16-11-8(13)3-2-4-9(11)14/h2-4,7H,5-6H2,1H3,(H,17,18)(H2,15,16,19). The van der Waals surface area contributed by atoms with Crippen LogP contribution in [0.5, 0.6) is 0 Å². The molecule has 1 aromatic carbocycles. The molecule has 1 unspecified atom stereocenters. The number of carboxylic acid groups (broad SMARTS) is 1. The van der Waals surface area contributed by atoms with Gasteiger partial charge in [0.2, 0.25) is 0 Å². The SMILES string of the molecule is CC(CNC(=O)Nc1c(F)cccc1Cl)CC(=O)O. The van der Waals surface area contributed by atoms with Gasteiger partial charge in [-0.3, -0.25) is 4.79 Å². The summed E-state index contributed by atoms with van der Waals surface area (Å²) in [5.41, 5.74) is -0.104. The summed E-state index contributed by atoms with van der Waals surface area (Å²) >= 11 is 5.74. The number of aliphatic carboxylic acids is 1. The van der Waals surface area contributed by atoms with E-state index in [1.165, 1.54) is 18.2 Å². The van der Waals surface area contributed by atoms with Crippen molar-refractivity contribution >= 4 is 29.3 Å². The number of hydrogen-bond acceptors (Lipinski definition) is 2. The van der Waals surface area contributed by atoms with E-state index in [2.05, 4.69) is 10.6 Å². The van der Waals surface area contributed by atoms with Crippen LogP contribution in [0.25, 0.3) is 0 Å². The van der Waals surface area contributed by atoms with Crippen LogP contribution in [-0.4, -0.2) is 23.7 Å². The molecule has 0 aliphatic carbocycles. The zero-order valence-electron chi connectivity index (χ0n) is 10.2. The smallest absolute Gasteiger partial charge is 0.319 e. The minimum atomic E-state index is -0.938. The van der Waals surface area contributed by atoms with E-state index in [1.54, 1.807) is 6.92 Å². The van der Waals surface area contributed by atoms with Crippen molar-refractivity contribution < 1.29 is 19.1 Å². The number of para-hydroxylation sites is 1. The summed E-state index contributed by atoms with van der Waals surface area (Å²) in [5.74, 6) is -1.80. The van der Waals surface area contributed by atoms with Gasteiger partial charge in [0.1, 0.15) is 5.82 Å². The van der Waals surface area contributed by atoms with E-state index < -0.39 is 17.8 Å². The lowest BCUT2D eigenvalue weighted by atomic mass is 10.1. The number of benzene rings is 1. The molecule has 0 bridgehead atoms. The number of halogens is 2. The number of carbonyl (C=O) groups excluding carboxylic acids is 1. The maximum atomic E-state index is 13.4. The molecule has 0 saturated carbocycles. The molecule has 0 aliphatic heterocycles. The molecule has 19 heavy (non-hydrogen) atoms. The fourth-order valence-electron chi connectivity index (χ4n) is 1.41. The maximum absolute atomic E-state index is 13.4. The molecule has 1 rings (SSSR count). The second-order valence-electron chi connectivity index (χ2n) is 4.13. The summed E-state index contributed by atoms with van der Waals surface area (Å²) in [5, 5.41) is 13.4. The van der Waals surface area contributed by atoms with Crippen molar-refractivity contribution in [3.05, 3.63) is 29.0 Å². The number of urea groups is 1. The van der Waals surface area contributed by atoms with E-state index in [0.29, 0.717) is 0 Å². The Hall–Kier alpha value is -1.82. The highest BCUT2D eigenvalue weighted by Crippen LogP contribution is 2.24. The largest absolute Gasteiger partial charge is 0.481 e. The van der Waals surface area contributed by atoms with Gasteiger partial charge >= 0.3 is 12.0 Å². The fraction of sp³-hybridized carbons (Fsp3) is 0.333. The van der Waals surface area contributed by atoms with Crippen molar-refractivity contribution in [1.29, 1.82) is 0 Å². The highest BCUT2D eigenvalue weighted by Gasteiger charge is 2.12. The molecule has 104 valence electrons. The predicted octanol–water partition coefficient (Wildman–Crippen LogP) is 2.71. The number of rotatable bonds is 5. The molecule has 0 fully saturated rings. The van der Waals surface area contributed by atoms with Crippen LogP contribution in [0.4, 0.5) is 14.9 Å².